The molecule has 0 spiro atoms. The van der Waals surface area contributed by atoms with Crippen LogP contribution in [0, 0.1) is 18.7 Å². The first kappa shape index (κ1) is 12.2. The molecule has 0 aliphatic carbocycles. The Morgan fingerprint density at radius 1 is 1.31 bits per heavy atom. The zero-order valence-electron chi connectivity index (χ0n) is 8.61. The molecule has 0 saturated heterocycles. The molecule has 16 heavy (non-hydrogen) atoms. The lowest BCUT2D eigenvalue weighted by atomic mass is 9.99. The van der Waals surface area contributed by atoms with Crippen LogP contribution in [0.1, 0.15) is 11.1 Å². The van der Waals surface area contributed by atoms with E-state index < -0.39 is 23.7 Å². The van der Waals surface area contributed by atoms with E-state index in [2.05, 4.69) is 0 Å². The molecule has 0 fully saturated rings. The fourth-order valence-electron chi connectivity index (χ4n) is 1.28. The monoisotopic (exact) mass is 226 g/mol. The van der Waals surface area contributed by atoms with Gasteiger partial charge in [-0.25, -0.2) is 4.39 Å². The van der Waals surface area contributed by atoms with Gasteiger partial charge < -0.3 is 10.2 Å². The van der Waals surface area contributed by atoms with Gasteiger partial charge in [0, 0.05) is 0 Å². The second-order valence-electron chi connectivity index (χ2n) is 3.52. The number of aryl methyl sites for hydroxylation is 1. The van der Waals surface area contributed by atoms with Gasteiger partial charge in [0.25, 0.3) is 0 Å². The maximum Gasteiger partial charge on any atom is 0.318 e. The van der Waals surface area contributed by atoms with Crippen LogP contribution in [0.2, 0.25) is 0 Å². The van der Waals surface area contributed by atoms with Gasteiger partial charge in [0.1, 0.15) is 5.82 Å². The predicted molar refractivity (Wildman–Crippen MR) is 53.6 cm³/mol. The topological polar surface area (TPSA) is 74.6 Å². The molecule has 0 unspecified atom stereocenters. The molecule has 2 N–H and O–H groups in total. The van der Waals surface area contributed by atoms with Crippen molar-refractivity contribution < 1.29 is 24.2 Å². The number of benzene rings is 1. The van der Waals surface area contributed by atoms with Crippen molar-refractivity contribution in [2.24, 2.45) is 5.92 Å². The van der Waals surface area contributed by atoms with Crippen molar-refractivity contribution in [2.75, 3.05) is 0 Å². The lowest BCUT2D eigenvalue weighted by Gasteiger charge is -2.08. The maximum absolute atomic E-state index is 13.1. The molecule has 0 aromatic heterocycles. The van der Waals surface area contributed by atoms with Crippen LogP contribution in [-0.4, -0.2) is 22.2 Å². The third kappa shape index (κ3) is 2.79. The summed E-state index contributed by atoms with van der Waals surface area (Å²) in [5.74, 6) is -4.85. The van der Waals surface area contributed by atoms with E-state index in [1.54, 1.807) is 6.92 Å². The number of aliphatic carboxylic acids is 2. The van der Waals surface area contributed by atoms with Gasteiger partial charge in [-0.2, -0.15) is 0 Å². The number of carboxylic acid groups (broad SMARTS) is 2. The van der Waals surface area contributed by atoms with Crippen LogP contribution in [-0.2, 0) is 16.0 Å². The van der Waals surface area contributed by atoms with E-state index in [1.165, 1.54) is 12.1 Å². The lowest BCUT2D eigenvalue weighted by molar-refractivity contribution is -0.154. The van der Waals surface area contributed by atoms with Crippen molar-refractivity contribution in [2.45, 2.75) is 13.3 Å². The van der Waals surface area contributed by atoms with Gasteiger partial charge in [-0.1, -0.05) is 12.1 Å². The first-order valence-corrected chi connectivity index (χ1v) is 4.62. The summed E-state index contributed by atoms with van der Waals surface area (Å²) in [6.07, 6.45) is -0.220. The summed E-state index contributed by atoms with van der Waals surface area (Å²) in [6.45, 7) is 1.57. The van der Waals surface area contributed by atoms with Crippen LogP contribution in [0.3, 0.4) is 0 Å². The smallest absolute Gasteiger partial charge is 0.318 e. The number of hydrogen-bond donors (Lipinski definition) is 2. The van der Waals surface area contributed by atoms with Crippen LogP contribution in [0.4, 0.5) is 4.39 Å². The number of halogens is 1. The Balaban J connectivity index is 2.90. The number of rotatable bonds is 4. The summed E-state index contributed by atoms with van der Waals surface area (Å²) in [5, 5.41) is 17.3. The van der Waals surface area contributed by atoms with Crippen molar-refractivity contribution in [3.05, 3.63) is 35.1 Å². The Kier molecular flexibility index (Phi) is 3.60. The van der Waals surface area contributed by atoms with Crippen LogP contribution in [0.5, 0.6) is 0 Å². The minimum Gasteiger partial charge on any atom is -0.481 e. The maximum atomic E-state index is 13.1. The van der Waals surface area contributed by atoms with Crippen molar-refractivity contribution in [3.63, 3.8) is 0 Å². The molecule has 0 bridgehead atoms. The molecule has 86 valence electrons. The Bertz CT molecular complexity index is 414. The highest BCUT2D eigenvalue weighted by Crippen LogP contribution is 2.14. The van der Waals surface area contributed by atoms with E-state index in [4.69, 9.17) is 10.2 Å². The number of carboxylic acids is 2. The second kappa shape index (κ2) is 4.74. The minimum atomic E-state index is -1.54. The van der Waals surface area contributed by atoms with Crippen molar-refractivity contribution >= 4 is 11.9 Å². The van der Waals surface area contributed by atoms with E-state index >= 15 is 0 Å². The molecule has 0 atom stereocenters. The van der Waals surface area contributed by atoms with Crippen LogP contribution in [0.15, 0.2) is 18.2 Å². The third-order valence-electron chi connectivity index (χ3n) is 2.27. The van der Waals surface area contributed by atoms with Gasteiger partial charge in [0.05, 0.1) is 0 Å². The fraction of sp³-hybridized carbons (Fsp3) is 0.273. The van der Waals surface area contributed by atoms with Gasteiger partial charge in [-0.3, -0.25) is 9.59 Å². The van der Waals surface area contributed by atoms with Gasteiger partial charge >= 0.3 is 11.9 Å². The highest BCUT2D eigenvalue weighted by molar-refractivity contribution is 5.93. The molecule has 0 aliphatic rings. The first-order chi connectivity index (χ1) is 7.41. The van der Waals surface area contributed by atoms with Gasteiger partial charge in [-0.05, 0) is 30.5 Å². The Hall–Kier alpha value is -1.91. The highest BCUT2D eigenvalue weighted by Gasteiger charge is 2.26. The number of carbonyl (C=O) groups is 2. The molecular weight excluding hydrogens is 215 g/mol. The van der Waals surface area contributed by atoms with Crippen molar-refractivity contribution in [1.29, 1.82) is 0 Å². The van der Waals surface area contributed by atoms with E-state index in [1.807, 2.05) is 0 Å². The largest absolute Gasteiger partial charge is 0.481 e. The zero-order chi connectivity index (χ0) is 12.3. The molecule has 1 aromatic carbocycles. The molecule has 4 nitrogen and oxygen atoms in total. The molecule has 0 heterocycles. The van der Waals surface area contributed by atoms with Gasteiger partial charge in [0.2, 0.25) is 0 Å². The molecule has 0 amide bonds. The molecule has 0 saturated carbocycles. The first-order valence-electron chi connectivity index (χ1n) is 4.62. The summed E-state index contributed by atoms with van der Waals surface area (Å²) in [5.41, 5.74) is 0.795. The van der Waals surface area contributed by atoms with Crippen molar-refractivity contribution in [3.8, 4) is 0 Å². The summed E-state index contributed by atoms with van der Waals surface area (Å²) >= 11 is 0. The summed E-state index contributed by atoms with van der Waals surface area (Å²) in [6, 6.07) is 4.18. The molecule has 5 heteroatoms. The minimum absolute atomic E-state index is 0.220. The van der Waals surface area contributed by atoms with Crippen LogP contribution >= 0.6 is 0 Å². The molecule has 1 aromatic rings. The summed E-state index contributed by atoms with van der Waals surface area (Å²) in [7, 11) is 0. The third-order valence-corrected chi connectivity index (χ3v) is 2.27. The fourth-order valence-corrected chi connectivity index (χ4v) is 1.28. The van der Waals surface area contributed by atoms with E-state index in [0.29, 0.717) is 11.1 Å². The Morgan fingerprint density at radius 3 is 2.31 bits per heavy atom. The SMILES string of the molecule is Cc1ccc(CC(C(=O)O)C(=O)O)cc1F. The lowest BCUT2D eigenvalue weighted by Crippen LogP contribution is -2.25. The molecule has 0 aliphatic heterocycles. The van der Waals surface area contributed by atoms with E-state index in [0.717, 1.165) is 6.07 Å². The molecular formula is C11H11FO4. The summed E-state index contributed by atoms with van der Waals surface area (Å²) in [4.78, 5) is 21.2. The highest BCUT2D eigenvalue weighted by atomic mass is 19.1. The van der Waals surface area contributed by atoms with Gasteiger partial charge in [-0.15, -0.1) is 0 Å². The zero-order valence-corrected chi connectivity index (χ0v) is 8.61. The predicted octanol–water partition coefficient (Wildman–Crippen LogP) is 1.46. The molecule has 1 rings (SSSR count). The average molecular weight is 226 g/mol. The number of hydrogen-bond acceptors (Lipinski definition) is 2. The second-order valence-corrected chi connectivity index (χ2v) is 3.52. The van der Waals surface area contributed by atoms with Crippen LogP contribution in [0.25, 0.3) is 0 Å². The Morgan fingerprint density at radius 2 is 1.88 bits per heavy atom. The Labute approximate surface area is 91.3 Å². The average Bonchev–Trinajstić information content (AvgIpc) is 2.18. The van der Waals surface area contributed by atoms with Crippen molar-refractivity contribution in [1.82, 2.24) is 0 Å². The summed E-state index contributed by atoms with van der Waals surface area (Å²) < 4.78 is 13.1. The standard InChI is InChI=1S/C11H11FO4/c1-6-2-3-7(5-9(6)12)4-8(10(13)14)11(15)16/h2-3,5,8H,4H2,1H3,(H,13,14)(H,15,16). The van der Waals surface area contributed by atoms with Crippen LogP contribution < -0.4 is 0 Å². The normalized spacial score (nSPS) is 10.4. The van der Waals surface area contributed by atoms with E-state index in [9.17, 15) is 14.0 Å². The molecule has 0 radical (unpaired) electrons. The van der Waals surface area contributed by atoms with Gasteiger partial charge in [0.15, 0.2) is 5.92 Å². The quantitative estimate of drug-likeness (QED) is 0.762. The van der Waals surface area contributed by atoms with E-state index in [-0.39, 0.29) is 6.42 Å².